The van der Waals surface area contributed by atoms with Crippen molar-refractivity contribution in [2.24, 2.45) is 0 Å². The smallest absolute Gasteiger partial charge is 0.308 e. The standard InChI is InChI=1S/C28H25ClN2O5/c1-18-5-3-7-21(15-18)27(34)30(14-13-20-6-4-8-22(29)16-20)25-17-26(33)31(28(25)35)23-9-11-24(12-10-23)36-19(2)32/h3-12,15-16,25H,13-14,17H2,1-2H3. The summed E-state index contributed by atoms with van der Waals surface area (Å²) in [6.07, 6.45) is 0.338. The Kier molecular flexibility index (Phi) is 7.50. The van der Waals surface area contributed by atoms with Crippen LogP contribution in [0.5, 0.6) is 5.75 Å². The number of ether oxygens (including phenoxy) is 1. The molecule has 0 aliphatic carbocycles. The monoisotopic (exact) mass is 504 g/mol. The summed E-state index contributed by atoms with van der Waals surface area (Å²) in [5, 5.41) is 0.583. The molecule has 3 amide bonds. The third-order valence-corrected chi connectivity index (χ3v) is 6.15. The highest BCUT2D eigenvalue weighted by atomic mass is 35.5. The molecule has 184 valence electrons. The maximum atomic E-state index is 13.6. The minimum Gasteiger partial charge on any atom is -0.427 e. The Labute approximate surface area is 214 Å². The number of carbonyl (C=O) groups is 4. The van der Waals surface area contributed by atoms with Gasteiger partial charge in [-0.15, -0.1) is 0 Å². The van der Waals surface area contributed by atoms with Crippen LogP contribution in [0.1, 0.15) is 34.8 Å². The van der Waals surface area contributed by atoms with Gasteiger partial charge in [-0.25, -0.2) is 4.90 Å². The van der Waals surface area contributed by atoms with Crippen molar-refractivity contribution < 1.29 is 23.9 Å². The van der Waals surface area contributed by atoms with E-state index in [0.29, 0.717) is 28.4 Å². The molecule has 0 saturated carbocycles. The van der Waals surface area contributed by atoms with E-state index in [0.717, 1.165) is 16.0 Å². The fourth-order valence-electron chi connectivity index (χ4n) is 4.24. The van der Waals surface area contributed by atoms with E-state index >= 15 is 0 Å². The SMILES string of the molecule is CC(=O)Oc1ccc(N2C(=O)CC(N(CCc3cccc(Cl)c3)C(=O)c3cccc(C)c3)C2=O)cc1. The van der Waals surface area contributed by atoms with Crippen molar-refractivity contribution in [3.63, 3.8) is 0 Å². The first-order valence-electron chi connectivity index (χ1n) is 11.5. The number of hydrogen-bond donors (Lipinski definition) is 0. The van der Waals surface area contributed by atoms with Crippen molar-refractivity contribution in [1.82, 2.24) is 4.90 Å². The first kappa shape index (κ1) is 25.1. The van der Waals surface area contributed by atoms with E-state index in [4.69, 9.17) is 16.3 Å². The number of carbonyl (C=O) groups excluding carboxylic acids is 4. The highest BCUT2D eigenvalue weighted by molar-refractivity contribution is 6.30. The van der Waals surface area contributed by atoms with Crippen LogP contribution in [-0.2, 0) is 20.8 Å². The summed E-state index contributed by atoms with van der Waals surface area (Å²) >= 11 is 6.12. The molecule has 0 aromatic heterocycles. The zero-order valence-corrected chi connectivity index (χ0v) is 20.7. The molecule has 36 heavy (non-hydrogen) atoms. The fourth-order valence-corrected chi connectivity index (χ4v) is 4.46. The molecule has 1 unspecified atom stereocenters. The zero-order valence-electron chi connectivity index (χ0n) is 19.9. The number of anilines is 1. The maximum Gasteiger partial charge on any atom is 0.308 e. The molecule has 0 radical (unpaired) electrons. The lowest BCUT2D eigenvalue weighted by molar-refractivity contribution is -0.132. The van der Waals surface area contributed by atoms with Crippen LogP contribution in [0.25, 0.3) is 0 Å². The third-order valence-electron chi connectivity index (χ3n) is 5.91. The van der Waals surface area contributed by atoms with Crippen molar-refractivity contribution in [2.45, 2.75) is 32.7 Å². The van der Waals surface area contributed by atoms with Crippen LogP contribution >= 0.6 is 11.6 Å². The Morgan fingerprint density at radius 3 is 2.42 bits per heavy atom. The number of benzene rings is 3. The highest BCUT2D eigenvalue weighted by Gasteiger charge is 2.44. The average Bonchev–Trinajstić information content (AvgIpc) is 3.13. The van der Waals surface area contributed by atoms with E-state index in [1.165, 1.54) is 36.1 Å². The molecule has 8 heteroatoms. The molecule has 1 atom stereocenters. The zero-order chi connectivity index (χ0) is 25.8. The van der Waals surface area contributed by atoms with Gasteiger partial charge in [-0.3, -0.25) is 19.2 Å². The number of amides is 3. The predicted octanol–water partition coefficient (Wildman–Crippen LogP) is 4.59. The van der Waals surface area contributed by atoms with Gasteiger partial charge in [0, 0.05) is 24.1 Å². The van der Waals surface area contributed by atoms with Crippen LogP contribution in [-0.4, -0.2) is 41.2 Å². The fraction of sp³-hybridized carbons (Fsp3) is 0.214. The van der Waals surface area contributed by atoms with Gasteiger partial charge in [0.05, 0.1) is 12.1 Å². The predicted molar refractivity (Wildman–Crippen MR) is 136 cm³/mol. The Hall–Kier alpha value is -3.97. The Bertz CT molecular complexity index is 1320. The van der Waals surface area contributed by atoms with E-state index in [2.05, 4.69) is 0 Å². The highest BCUT2D eigenvalue weighted by Crippen LogP contribution is 2.29. The summed E-state index contributed by atoms with van der Waals surface area (Å²) in [5.41, 5.74) is 2.63. The molecule has 4 rings (SSSR count). The van der Waals surface area contributed by atoms with Crippen LogP contribution in [0, 0.1) is 6.92 Å². The normalized spacial score (nSPS) is 15.2. The number of aryl methyl sites for hydroxylation is 1. The topological polar surface area (TPSA) is 84.0 Å². The summed E-state index contributed by atoms with van der Waals surface area (Å²) < 4.78 is 5.03. The molecule has 0 spiro atoms. The van der Waals surface area contributed by atoms with Crippen molar-refractivity contribution >= 4 is 41.0 Å². The van der Waals surface area contributed by atoms with Crippen molar-refractivity contribution in [2.75, 3.05) is 11.4 Å². The second-order valence-corrected chi connectivity index (χ2v) is 9.06. The molecule has 0 bridgehead atoms. The summed E-state index contributed by atoms with van der Waals surface area (Å²) in [6, 6.07) is 19.6. The molecular weight excluding hydrogens is 480 g/mol. The lowest BCUT2D eigenvalue weighted by Crippen LogP contribution is -2.46. The van der Waals surface area contributed by atoms with Crippen LogP contribution in [0.15, 0.2) is 72.8 Å². The number of halogens is 1. The number of esters is 1. The Balaban J connectivity index is 1.61. The van der Waals surface area contributed by atoms with Gasteiger partial charge in [0.15, 0.2) is 0 Å². The van der Waals surface area contributed by atoms with E-state index in [-0.39, 0.29) is 18.9 Å². The van der Waals surface area contributed by atoms with Gasteiger partial charge in [-0.1, -0.05) is 41.4 Å². The summed E-state index contributed by atoms with van der Waals surface area (Å²) in [7, 11) is 0. The van der Waals surface area contributed by atoms with Crippen molar-refractivity contribution in [3.8, 4) is 5.75 Å². The first-order valence-corrected chi connectivity index (χ1v) is 11.9. The molecule has 1 saturated heterocycles. The first-order chi connectivity index (χ1) is 17.2. The number of rotatable bonds is 7. The minimum absolute atomic E-state index is 0.127. The van der Waals surface area contributed by atoms with Gasteiger partial charge in [-0.2, -0.15) is 0 Å². The van der Waals surface area contributed by atoms with E-state index in [9.17, 15) is 19.2 Å². The molecule has 0 N–H and O–H groups in total. The third kappa shape index (κ3) is 5.63. The molecule has 1 aliphatic heterocycles. The number of nitrogens with zero attached hydrogens (tertiary/aromatic N) is 2. The van der Waals surface area contributed by atoms with E-state index in [1.54, 1.807) is 24.3 Å². The molecule has 7 nitrogen and oxygen atoms in total. The largest absolute Gasteiger partial charge is 0.427 e. The summed E-state index contributed by atoms with van der Waals surface area (Å²) in [5.74, 6) is -1.37. The Morgan fingerprint density at radius 2 is 1.75 bits per heavy atom. The second kappa shape index (κ2) is 10.7. The van der Waals surface area contributed by atoms with Crippen LogP contribution < -0.4 is 9.64 Å². The van der Waals surface area contributed by atoms with Gasteiger partial charge in [0.2, 0.25) is 5.91 Å². The Morgan fingerprint density at radius 1 is 1.03 bits per heavy atom. The number of hydrogen-bond acceptors (Lipinski definition) is 5. The minimum atomic E-state index is -0.946. The van der Waals surface area contributed by atoms with Gasteiger partial charge in [0.1, 0.15) is 11.8 Å². The molecule has 3 aromatic rings. The molecule has 3 aromatic carbocycles. The van der Waals surface area contributed by atoms with Gasteiger partial charge in [-0.05, 0) is 67.4 Å². The molecule has 1 fully saturated rings. The summed E-state index contributed by atoms with van der Waals surface area (Å²) in [6.45, 7) is 3.41. The lowest BCUT2D eigenvalue weighted by Gasteiger charge is -2.28. The van der Waals surface area contributed by atoms with Gasteiger partial charge >= 0.3 is 5.97 Å². The number of imide groups is 1. The quantitative estimate of drug-likeness (QED) is 0.267. The maximum absolute atomic E-state index is 13.6. The van der Waals surface area contributed by atoms with Crippen molar-refractivity contribution in [3.05, 3.63) is 94.5 Å². The van der Waals surface area contributed by atoms with Crippen LogP contribution in [0.3, 0.4) is 0 Å². The van der Waals surface area contributed by atoms with E-state index < -0.39 is 23.8 Å². The molecule has 1 aliphatic rings. The lowest BCUT2D eigenvalue weighted by atomic mass is 10.1. The van der Waals surface area contributed by atoms with Crippen molar-refractivity contribution in [1.29, 1.82) is 0 Å². The average molecular weight is 505 g/mol. The molecular formula is C28H25ClN2O5. The molecule has 1 heterocycles. The van der Waals surface area contributed by atoms with E-state index in [1.807, 2.05) is 31.2 Å². The van der Waals surface area contributed by atoms with Crippen LogP contribution in [0.2, 0.25) is 5.02 Å². The van der Waals surface area contributed by atoms with Gasteiger partial charge in [0.25, 0.3) is 11.8 Å². The van der Waals surface area contributed by atoms with Gasteiger partial charge < -0.3 is 9.64 Å². The van der Waals surface area contributed by atoms with Crippen LogP contribution in [0.4, 0.5) is 5.69 Å². The summed E-state index contributed by atoms with van der Waals surface area (Å²) in [4.78, 5) is 53.8. The second-order valence-electron chi connectivity index (χ2n) is 8.62.